The Balaban J connectivity index is 0.900. The Morgan fingerprint density at radius 3 is 1.46 bits per heavy atom. The number of hydrogen-bond donors (Lipinski definition) is 0. The van der Waals surface area contributed by atoms with Crippen molar-refractivity contribution in [1.29, 1.82) is 0 Å². The Kier molecular flexibility index (Phi) is 8.24. The predicted molar refractivity (Wildman–Crippen MR) is 238 cm³/mol. The molecule has 0 saturated carbocycles. The third kappa shape index (κ3) is 5.37. The highest BCUT2D eigenvalue weighted by Gasteiger charge is 2.46. The highest BCUT2D eigenvalue weighted by Crippen LogP contribution is 2.62. The molecule has 11 rings (SSSR count). The van der Waals surface area contributed by atoms with Gasteiger partial charge in [-0.3, -0.25) is 0 Å². The lowest BCUT2D eigenvalue weighted by Crippen LogP contribution is -2.22. The second-order valence-electron chi connectivity index (χ2n) is 16.8. The summed E-state index contributed by atoms with van der Waals surface area (Å²) >= 11 is 0. The number of hydrogen-bond acceptors (Lipinski definition) is 2. The van der Waals surface area contributed by atoms with Gasteiger partial charge in [-0.15, -0.1) is 0 Å². The molecule has 0 N–H and O–H groups in total. The van der Waals surface area contributed by atoms with Gasteiger partial charge < -0.3 is 9.47 Å². The predicted octanol–water partition coefficient (Wildman–Crippen LogP) is 14.1. The third-order valence-corrected chi connectivity index (χ3v) is 13.8. The molecule has 0 fully saturated rings. The van der Waals surface area contributed by atoms with Crippen molar-refractivity contribution in [3.05, 3.63) is 188 Å². The van der Waals surface area contributed by atoms with Crippen molar-refractivity contribution in [2.75, 3.05) is 13.7 Å². The van der Waals surface area contributed by atoms with Crippen molar-refractivity contribution in [3.8, 4) is 11.5 Å². The van der Waals surface area contributed by atoms with Gasteiger partial charge in [0.2, 0.25) is 0 Å². The Morgan fingerprint density at radius 1 is 0.509 bits per heavy atom. The van der Waals surface area contributed by atoms with Crippen molar-refractivity contribution >= 4 is 45.8 Å². The first-order chi connectivity index (χ1) is 28.1. The average Bonchev–Trinajstić information content (AvgIpc) is 3.69. The molecule has 7 aromatic carbocycles. The summed E-state index contributed by atoms with van der Waals surface area (Å²) in [7, 11) is 1.77. The summed E-state index contributed by atoms with van der Waals surface area (Å²) in [6.07, 6.45) is 13.6. The van der Waals surface area contributed by atoms with E-state index in [-0.39, 0.29) is 0 Å². The fourth-order valence-electron chi connectivity index (χ4n) is 10.9. The van der Waals surface area contributed by atoms with Gasteiger partial charge in [0, 0.05) is 34.8 Å². The van der Waals surface area contributed by atoms with Crippen molar-refractivity contribution in [1.82, 2.24) is 0 Å². The molecule has 4 aliphatic carbocycles. The van der Waals surface area contributed by atoms with E-state index in [2.05, 4.69) is 159 Å². The molecular formula is C55H48O2. The van der Waals surface area contributed by atoms with Gasteiger partial charge in [0.15, 0.2) is 0 Å². The minimum atomic E-state index is 0.445. The Labute approximate surface area is 336 Å². The number of unbranched alkanes of at least 4 members (excludes halogenated alkanes) is 1. The molecule has 0 heterocycles. The summed E-state index contributed by atoms with van der Waals surface area (Å²) in [6, 6.07) is 45.6. The van der Waals surface area contributed by atoms with E-state index < -0.39 is 0 Å². The summed E-state index contributed by atoms with van der Waals surface area (Å²) in [5.41, 5.74) is 16.3. The average molecular weight is 741 g/mol. The lowest BCUT2D eigenvalue weighted by Gasteiger charge is -2.36. The van der Waals surface area contributed by atoms with Gasteiger partial charge >= 0.3 is 0 Å². The first-order valence-corrected chi connectivity index (χ1v) is 21.1. The SMILES string of the molecule is CCCCC(CC)COc1cc(/C=C\c2ccc3c(c2)C2c4cccc5cccc(c45)C32)c(OC)cc1/C=C\c1ccc2c(c1)C1c3cccc4cccc(c34)C21. The van der Waals surface area contributed by atoms with Crippen molar-refractivity contribution in [2.45, 2.75) is 63.2 Å². The van der Waals surface area contributed by atoms with Crippen LogP contribution in [-0.4, -0.2) is 13.7 Å². The van der Waals surface area contributed by atoms with Gasteiger partial charge in [0.1, 0.15) is 11.5 Å². The Hall–Kier alpha value is -5.86. The van der Waals surface area contributed by atoms with Crippen LogP contribution in [0, 0.1) is 5.92 Å². The molecule has 2 nitrogen and oxygen atoms in total. The van der Waals surface area contributed by atoms with Crippen LogP contribution in [0.2, 0.25) is 0 Å². The van der Waals surface area contributed by atoms with Gasteiger partial charge in [-0.05, 0) is 102 Å². The van der Waals surface area contributed by atoms with E-state index in [0.29, 0.717) is 36.2 Å². The molecule has 5 atom stereocenters. The number of rotatable bonds is 12. The summed E-state index contributed by atoms with van der Waals surface area (Å²) < 4.78 is 12.8. The van der Waals surface area contributed by atoms with Crippen LogP contribution in [0.1, 0.15) is 130 Å². The van der Waals surface area contributed by atoms with Crippen LogP contribution < -0.4 is 9.47 Å². The van der Waals surface area contributed by atoms with Gasteiger partial charge in [-0.25, -0.2) is 0 Å². The van der Waals surface area contributed by atoms with Crippen molar-refractivity contribution < 1.29 is 9.47 Å². The Morgan fingerprint density at radius 2 is 0.982 bits per heavy atom. The van der Waals surface area contributed by atoms with Crippen LogP contribution >= 0.6 is 0 Å². The molecule has 0 amide bonds. The highest BCUT2D eigenvalue weighted by molar-refractivity contribution is 5.97. The zero-order chi connectivity index (χ0) is 38.2. The molecule has 0 bridgehead atoms. The van der Waals surface area contributed by atoms with E-state index >= 15 is 0 Å². The minimum Gasteiger partial charge on any atom is -0.496 e. The number of fused-ring (bicyclic) bond motifs is 12. The second-order valence-corrected chi connectivity index (χ2v) is 16.8. The normalized spacial score (nSPS) is 19.6. The smallest absolute Gasteiger partial charge is 0.127 e. The van der Waals surface area contributed by atoms with Crippen LogP contribution in [0.15, 0.2) is 121 Å². The quantitative estimate of drug-likeness (QED) is 0.116. The zero-order valence-corrected chi connectivity index (χ0v) is 33.1. The van der Waals surface area contributed by atoms with Crippen LogP contribution in [-0.2, 0) is 0 Å². The molecule has 57 heavy (non-hydrogen) atoms. The highest BCUT2D eigenvalue weighted by atomic mass is 16.5. The van der Waals surface area contributed by atoms with E-state index in [1.165, 1.54) is 96.4 Å². The summed E-state index contributed by atoms with van der Waals surface area (Å²) in [5, 5.41) is 5.63. The molecule has 0 saturated heterocycles. The molecule has 4 aliphatic rings. The molecule has 0 aliphatic heterocycles. The fourth-order valence-corrected chi connectivity index (χ4v) is 10.9. The first-order valence-electron chi connectivity index (χ1n) is 21.1. The molecule has 0 aromatic heterocycles. The van der Waals surface area contributed by atoms with Crippen LogP contribution in [0.4, 0.5) is 0 Å². The number of ether oxygens (including phenoxy) is 2. The van der Waals surface area contributed by atoms with Gasteiger partial charge in [-0.2, -0.15) is 0 Å². The largest absolute Gasteiger partial charge is 0.496 e. The van der Waals surface area contributed by atoms with Gasteiger partial charge in [0.05, 0.1) is 13.7 Å². The third-order valence-electron chi connectivity index (χ3n) is 13.8. The maximum Gasteiger partial charge on any atom is 0.127 e. The molecule has 5 unspecified atom stereocenters. The molecule has 2 heteroatoms. The van der Waals surface area contributed by atoms with Crippen molar-refractivity contribution in [2.24, 2.45) is 5.92 Å². The van der Waals surface area contributed by atoms with Gasteiger partial charge in [0.25, 0.3) is 0 Å². The number of benzene rings is 7. The lowest BCUT2D eigenvalue weighted by atomic mass is 9.66. The van der Waals surface area contributed by atoms with E-state index in [9.17, 15) is 0 Å². The molecule has 0 radical (unpaired) electrons. The maximum atomic E-state index is 6.76. The Bertz CT molecular complexity index is 2790. The second kappa shape index (κ2) is 13.7. The molecular weight excluding hydrogens is 693 g/mol. The fraction of sp³-hybridized carbons (Fsp3) is 0.236. The first kappa shape index (κ1) is 34.4. The van der Waals surface area contributed by atoms with Crippen molar-refractivity contribution in [3.63, 3.8) is 0 Å². The standard InChI is InChI=1S/C55H48O2/c1-4-6-11-33(5-2)32-57-49-31-38(24-20-34-22-26-40-46(28-34)54-44-18-9-14-36-12-7-16-42(50(36)44)52(40)54)48(56-3)30-39(49)25-21-35-23-27-41-47(29-35)55-45-19-10-15-37-13-8-17-43(51(37)45)53(41)55/h7-10,12-31,33,52-55H,4-6,11,32H2,1-3H3/b24-20-,25-21-. The van der Waals surface area contributed by atoms with Crippen LogP contribution in [0.25, 0.3) is 45.8 Å². The van der Waals surface area contributed by atoms with E-state index in [1.807, 2.05) is 0 Å². The molecule has 0 spiro atoms. The van der Waals surface area contributed by atoms with E-state index in [0.717, 1.165) is 29.0 Å². The van der Waals surface area contributed by atoms with Gasteiger partial charge in [-0.1, -0.05) is 167 Å². The molecule has 7 aromatic rings. The monoisotopic (exact) mass is 740 g/mol. The van der Waals surface area contributed by atoms with E-state index in [1.54, 1.807) is 7.11 Å². The lowest BCUT2D eigenvalue weighted by molar-refractivity contribution is 0.232. The summed E-state index contributed by atoms with van der Waals surface area (Å²) in [4.78, 5) is 0. The minimum absolute atomic E-state index is 0.445. The number of methoxy groups -OCH3 is 1. The molecule has 280 valence electrons. The summed E-state index contributed by atoms with van der Waals surface area (Å²) in [6.45, 7) is 5.27. The summed E-state index contributed by atoms with van der Waals surface area (Å²) in [5.74, 6) is 4.11. The zero-order valence-electron chi connectivity index (χ0n) is 33.1. The van der Waals surface area contributed by atoms with Crippen LogP contribution in [0.3, 0.4) is 0 Å². The van der Waals surface area contributed by atoms with E-state index in [4.69, 9.17) is 9.47 Å². The topological polar surface area (TPSA) is 18.5 Å². The maximum absolute atomic E-state index is 6.76. The van der Waals surface area contributed by atoms with Crippen LogP contribution in [0.5, 0.6) is 11.5 Å².